The summed E-state index contributed by atoms with van der Waals surface area (Å²) in [6, 6.07) is 18.8. The molecular formula is C25H17ClF2N4OS. The third-order valence-corrected chi connectivity index (χ3v) is 6.08. The average Bonchev–Trinajstić information content (AvgIpc) is 3.30. The summed E-state index contributed by atoms with van der Waals surface area (Å²) in [7, 11) is 0. The largest absolute Gasteiger partial charge is 0.351 e. The van der Waals surface area contributed by atoms with Gasteiger partial charge in [0.1, 0.15) is 11.6 Å². The van der Waals surface area contributed by atoms with Gasteiger partial charge in [-0.1, -0.05) is 28.9 Å². The van der Waals surface area contributed by atoms with Crippen LogP contribution in [0.4, 0.5) is 14.5 Å². The third kappa shape index (κ3) is 4.18. The fraction of sp³-hybridized carbons (Fsp3) is 0.0800. The van der Waals surface area contributed by atoms with E-state index in [-0.39, 0.29) is 17.5 Å². The molecule has 1 aliphatic rings. The molecule has 5 nitrogen and oxygen atoms in total. The predicted molar refractivity (Wildman–Crippen MR) is 131 cm³/mol. The predicted octanol–water partition coefficient (Wildman–Crippen LogP) is 6.54. The van der Waals surface area contributed by atoms with Gasteiger partial charge in [0, 0.05) is 22.0 Å². The molecule has 0 amide bonds. The highest BCUT2D eigenvalue weighted by Gasteiger charge is 2.34. The quantitative estimate of drug-likeness (QED) is 0.325. The molecular weight excluding hydrogens is 478 g/mol. The fourth-order valence-corrected chi connectivity index (χ4v) is 4.36. The smallest absolute Gasteiger partial charge is 0.258 e. The molecule has 9 heteroatoms. The minimum absolute atomic E-state index is 0.264. The first kappa shape index (κ1) is 22.2. The number of rotatable bonds is 4. The molecule has 0 bridgehead atoms. The van der Waals surface area contributed by atoms with Crippen molar-refractivity contribution in [3.8, 4) is 11.4 Å². The lowest BCUT2D eigenvalue weighted by Gasteiger charge is -2.37. The monoisotopic (exact) mass is 494 g/mol. The Labute approximate surface area is 204 Å². The SMILES string of the molecule is CC1=C(c2nc(-c3ccc(F)cc3)no2)C(c2ccc(F)cc2)NC(=S)N1c1ccc(Cl)cc1. The zero-order valence-corrected chi connectivity index (χ0v) is 19.4. The van der Waals surface area contributed by atoms with Crippen molar-refractivity contribution in [2.75, 3.05) is 4.90 Å². The van der Waals surface area contributed by atoms with Crippen molar-refractivity contribution < 1.29 is 13.3 Å². The van der Waals surface area contributed by atoms with Crippen LogP contribution in [0.1, 0.15) is 24.4 Å². The van der Waals surface area contributed by atoms with Crippen molar-refractivity contribution >= 4 is 40.2 Å². The first-order valence-electron chi connectivity index (χ1n) is 10.3. The number of halogens is 3. The average molecular weight is 495 g/mol. The number of allylic oxidation sites excluding steroid dienone is 1. The van der Waals surface area contributed by atoms with Gasteiger partial charge in [0.25, 0.3) is 5.89 Å². The number of benzene rings is 3. The van der Waals surface area contributed by atoms with E-state index < -0.39 is 6.04 Å². The van der Waals surface area contributed by atoms with Crippen LogP contribution in [0.25, 0.3) is 17.0 Å². The highest BCUT2D eigenvalue weighted by Crippen LogP contribution is 2.39. The fourth-order valence-electron chi connectivity index (χ4n) is 3.88. The normalized spacial score (nSPS) is 16.1. The molecule has 4 aromatic rings. The number of anilines is 1. The zero-order chi connectivity index (χ0) is 23.8. The maximum Gasteiger partial charge on any atom is 0.258 e. The second kappa shape index (κ2) is 8.96. The van der Waals surface area contributed by atoms with Gasteiger partial charge in [-0.25, -0.2) is 8.78 Å². The molecule has 1 atom stereocenters. The number of thiocarbonyl (C=S) groups is 1. The highest BCUT2D eigenvalue weighted by atomic mass is 35.5. The van der Waals surface area contributed by atoms with Gasteiger partial charge in [0.2, 0.25) is 5.82 Å². The molecule has 0 saturated heterocycles. The van der Waals surface area contributed by atoms with Crippen molar-refractivity contribution in [3.63, 3.8) is 0 Å². The van der Waals surface area contributed by atoms with Gasteiger partial charge in [-0.15, -0.1) is 0 Å². The third-order valence-electron chi connectivity index (χ3n) is 5.53. The molecule has 34 heavy (non-hydrogen) atoms. The van der Waals surface area contributed by atoms with E-state index in [0.717, 1.165) is 16.9 Å². The van der Waals surface area contributed by atoms with E-state index in [2.05, 4.69) is 15.5 Å². The van der Waals surface area contributed by atoms with Crippen LogP contribution in [0.3, 0.4) is 0 Å². The van der Waals surface area contributed by atoms with E-state index in [0.29, 0.717) is 27.1 Å². The second-order valence-electron chi connectivity index (χ2n) is 7.67. The molecule has 1 aliphatic heterocycles. The van der Waals surface area contributed by atoms with Crippen LogP contribution in [-0.4, -0.2) is 15.3 Å². The van der Waals surface area contributed by atoms with Crippen LogP contribution in [-0.2, 0) is 0 Å². The summed E-state index contributed by atoms with van der Waals surface area (Å²) in [6.07, 6.45) is 0. The summed E-state index contributed by atoms with van der Waals surface area (Å²) < 4.78 is 32.6. The van der Waals surface area contributed by atoms with Crippen molar-refractivity contribution in [1.82, 2.24) is 15.5 Å². The molecule has 1 N–H and O–H groups in total. The first-order valence-corrected chi connectivity index (χ1v) is 11.1. The lowest BCUT2D eigenvalue weighted by Crippen LogP contribution is -2.46. The number of hydrogen-bond donors (Lipinski definition) is 1. The van der Waals surface area contributed by atoms with Crippen LogP contribution in [0.5, 0.6) is 0 Å². The van der Waals surface area contributed by atoms with Gasteiger partial charge in [-0.05, 0) is 85.4 Å². The van der Waals surface area contributed by atoms with E-state index in [1.165, 1.54) is 24.3 Å². The Bertz CT molecular complexity index is 1390. The molecule has 0 saturated carbocycles. The first-order chi connectivity index (χ1) is 16.4. The van der Waals surface area contributed by atoms with Crippen LogP contribution in [0, 0.1) is 11.6 Å². The Hall–Kier alpha value is -3.62. The van der Waals surface area contributed by atoms with Crippen LogP contribution >= 0.6 is 23.8 Å². The van der Waals surface area contributed by atoms with E-state index in [1.54, 1.807) is 36.4 Å². The number of hydrogen-bond acceptors (Lipinski definition) is 4. The summed E-state index contributed by atoms with van der Waals surface area (Å²) in [5.74, 6) is -0.117. The maximum absolute atomic E-state index is 13.6. The minimum atomic E-state index is -0.460. The van der Waals surface area contributed by atoms with Crippen LogP contribution < -0.4 is 10.2 Å². The Morgan fingerprint density at radius 1 is 0.941 bits per heavy atom. The minimum Gasteiger partial charge on any atom is -0.351 e. The molecule has 1 aromatic heterocycles. The number of nitrogens with one attached hydrogen (secondary N) is 1. The Morgan fingerprint density at radius 3 is 2.21 bits per heavy atom. The van der Waals surface area contributed by atoms with Crippen molar-refractivity contribution in [2.24, 2.45) is 0 Å². The van der Waals surface area contributed by atoms with Crippen molar-refractivity contribution in [2.45, 2.75) is 13.0 Å². The molecule has 0 fully saturated rings. The molecule has 170 valence electrons. The van der Waals surface area contributed by atoms with Crippen LogP contribution in [0.2, 0.25) is 5.02 Å². The molecule has 0 radical (unpaired) electrons. The molecule has 1 unspecified atom stereocenters. The van der Waals surface area contributed by atoms with E-state index in [9.17, 15) is 8.78 Å². The molecule has 0 aliphatic carbocycles. The van der Waals surface area contributed by atoms with Gasteiger partial charge >= 0.3 is 0 Å². The summed E-state index contributed by atoms with van der Waals surface area (Å²) in [6.45, 7) is 1.90. The van der Waals surface area contributed by atoms with Crippen molar-refractivity contribution in [1.29, 1.82) is 0 Å². The molecule has 5 rings (SSSR count). The van der Waals surface area contributed by atoms with Gasteiger partial charge in [0.15, 0.2) is 5.11 Å². The Morgan fingerprint density at radius 2 is 1.56 bits per heavy atom. The second-order valence-corrected chi connectivity index (χ2v) is 8.50. The molecule has 2 heterocycles. The van der Waals surface area contributed by atoms with Gasteiger partial charge in [-0.2, -0.15) is 4.98 Å². The Kier molecular flexibility index (Phi) is 5.85. The summed E-state index contributed by atoms with van der Waals surface area (Å²) in [4.78, 5) is 6.43. The highest BCUT2D eigenvalue weighted by molar-refractivity contribution is 7.80. The number of aromatic nitrogens is 2. The topological polar surface area (TPSA) is 54.2 Å². The zero-order valence-electron chi connectivity index (χ0n) is 17.8. The lowest BCUT2D eigenvalue weighted by molar-refractivity contribution is 0.404. The Balaban J connectivity index is 1.64. The van der Waals surface area contributed by atoms with Gasteiger partial charge < -0.3 is 9.84 Å². The summed E-state index contributed by atoms with van der Waals surface area (Å²) >= 11 is 11.8. The standard InChI is InChI=1S/C25H17ClF2N4OS/c1-14-21(24-30-23(31-33-24)16-4-10-19(28)11-5-16)22(15-2-8-18(27)9-3-15)29-25(34)32(14)20-12-6-17(26)7-13-20/h2-13,22H,1H3,(H,29,34). The molecule has 3 aromatic carbocycles. The van der Waals surface area contributed by atoms with E-state index >= 15 is 0 Å². The number of nitrogens with zero attached hydrogens (tertiary/aromatic N) is 3. The van der Waals surface area contributed by atoms with E-state index in [4.69, 9.17) is 28.3 Å². The maximum atomic E-state index is 13.6. The van der Waals surface area contributed by atoms with Crippen LogP contribution in [0.15, 0.2) is 83.0 Å². The summed E-state index contributed by atoms with van der Waals surface area (Å²) in [5, 5.41) is 8.47. The van der Waals surface area contributed by atoms with E-state index in [1.807, 2.05) is 24.0 Å². The molecule has 0 spiro atoms. The van der Waals surface area contributed by atoms with Gasteiger partial charge in [-0.3, -0.25) is 4.90 Å². The lowest BCUT2D eigenvalue weighted by atomic mass is 9.94. The van der Waals surface area contributed by atoms with Crippen molar-refractivity contribution in [3.05, 3.63) is 107 Å². The van der Waals surface area contributed by atoms with Gasteiger partial charge in [0.05, 0.1) is 11.6 Å². The summed E-state index contributed by atoms with van der Waals surface area (Å²) in [5.41, 5.74) is 3.62.